The Bertz CT molecular complexity index is 375. The summed E-state index contributed by atoms with van der Waals surface area (Å²) in [6.07, 6.45) is 0.882. The van der Waals surface area contributed by atoms with Crippen LogP contribution in [0, 0.1) is 6.92 Å². The zero-order valence-corrected chi connectivity index (χ0v) is 8.79. The highest BCUT2D eigenvalue weighted by Crippen LogP contribution is 2.22. The monoisotopic (exact) mass is 208 g/mol. The SMILES string of the molecule is Cc1cc(O)cc(CN)c1CCC(N)=O. The quantitative estimate of drug-likeness (QED) is 0.676. The minimum atomic E-state index is -0.328. The van der Waals surface area contributed by atoms with Gasteiger partial charge in [-0.3, -0.25) is 4.79 Å². The summed E-state index contributed by atoms with van der Waals surface area (Å²) in [5.41, 5.74) is 13.5. The van der Waals surface area contributed by atoms with Crippen molar-refractivity contribution >= 4 is 5.91 Å². The second kappa shape index (κ2) is 4.79. The Morgan fingerprint density at radius 2 is 2.13 bits per heavy atom. The van der Waals surface area contributed by atoms with Gasteiger partial charge < -0.3 is 16.6 Å². The number of phenols is 1. The highest BCUT2D eigenvalue weighted by molar-refractivity contribution is 5.74. The van der Waals surface area contributed by atoms with Crippen LogP contribution in [0.25, 0.3) is 0 Å². The van der Waals surface area contributed by atoms with Gasteiger partial charge in [0, 0.05) is 13.0 Å². The standard InChI is InChI=1S/C11H16N2O2/c1-7-4-9(14)5-8(6-12)10(7)2-3-11(13)15/h4-5,14H,2-3,6,12H2,1H3,(H2,13,15). The summed E-state index contributed by atoms with van der Waals surface area (Å²) in [6.45, 7) is 2.23. The number of hydrogen-bond donors (Lipinski definition) is 3. The number of benzene rings is 1. The summed E-state index contributed by atoms with van der Waals surface area (Å²) >= 11 is 0. The van der Waals surface area contributed by atoms with Crippen LogP contribution in [0.1, 0.15) is 23.1 Å². The highest BCUT2D eigenvalue weighted by Gasteiger charge is 2.08. The fourth-order valence-electron chi connectivity index (χ4n) is 1.66. The molecule has 0 aliphatic rings. The number of nitrogens with two attached hydrogens (primary N) is 2. The fourth-order valence-corrected chi connectivity index (χ4v) is 1.66. The Hall–Kier alpha value is -1.55. The van der Waals surface area contributed by atoms with Gasteiger partial charge in [-0.15, -0.1) is 0 Å². The maximum absolute atomic E-state index is 10.7. The average molecular weight is 208 g/mol. The van der Waals surface area contributed by atoms with E-state index in [4.69, 9.17) is 11.5 Å². The zero-order valence-electron chi connectivity index (χ0n) is 8.79. The lowest BCUT2D eigenvalue weighted by Gasteiger charge is -2.11. The molecule has 0 saturated heterocycles. The Morgan fingerprint density at radius 1 is 1.47 bits per heavy atom. The first-order valence-corrected chi connectivity index (χ1v) is 4.84. The Balaban J connectivity index is 2.98. The molecule has 82 valence electrons. The molecule has 0 unspecified atom stereocenters. The molecule has 0 atom stereocenters. The van der Waals surface area contributed by atoms with Gasteiger partial charge >= 0.3 is 0 Å². The van der Waals surface area contributed by atoms with Gasteiger partial charge in [-0.2, -0.15) is 0 Å². The largest absolute Gasteiger partial charge is 0.508 e. The lowest BCUT2D eigenvalue weighted by molar-refractivity contribution is -0.117. The van der Waals surface area contributed by atoms with Crippen molar-refractivity contribution in [3.05, 3.63) is 28.8 Å². The predicted octanol–water partition coefficient (Wildman–Crippen LogP) is 0.577. The van der Waals surface area contributed by atoms with Crippen molar-refractivity contribution in [1.82, 2.24) is 0 Å². The summed E-state index contributed by atoms with van der Waals surface area (Å²) < 4.78 is 0. The molecule has 0 spiro atoms. The van der Waals surface area contributed by atoms with Gasteiger partial charge in [0.25, 0.3) is 0 Å². The van der Waals surface area contributed by atoms with E-state index in [0.29, 0.717) is 19.4 Å². The number of phenolic OH excluding ortho intramolecular Hbond substituents is 1. The molecule has 1 aromatic rings. The zero-order chi connectivity index (χ0) is 11.4. The highest BCUT2D eigenvalue weighted by atomic mass is 16.3. The Labute approximate surface area is 88.9 Å². The third-order valence-corrected chi connectivity index (χ3v) is 2.39. The summed E-state index contributed by atoms with van der Waals surface area (Å²) in [5.74, 6) is -0.124. The van der Waals surface area contributed by atoms with E-state index in [1.807, 2.05) is 6.92 Å². The molecule has 1 aromatic carbocycles. The number of carbonyl (C=O) groups is 1. The van der Waals surface area contributed by atoms with E-state index in [1.54, 1.807) is 12.1 Å². The van der Waals surface area contributed by atoms with E-state index in [1.165, 1.54) is 0 Å². The van der Waals surface area contributed by atoms with Crippen LogP contribution in [0.4, 0.5) is 0 Å². The van der Waals surface area contributed by atoms with Crippen LogP contribution in [-0.4, -0.2) is 11.0 Å². The van der Waals surface area contributed by atoms with E-state index < -0.39 is 0 Å². The van der Waals surface area contributed by atoms with Crippen LogP contribution in [0.2, 0.25) is 0 Å². The van der Waals surface area contributed by atoms with E-state index in [2.05, 4.69) is 0 Å². The lowest BCUT2D eigenvalue weighted by Crippen LogP contribution is -2.13. The van der Waals surface area contributed by atoms with Gasteiger partial charge in [0.15, 0.2) is 0 Å². The van der Waals surface area contributed by atoms with Gasteiger partial charge in [0.05, 0.1) is 0 Å². The first-order valence-electron chi connectivity index (χ1n) is 4.84. The van der Waals surface area contributed by atoms with Gasteiger partial charge in [0.1, 0.15) is 5.75 Å². The fraction of sp³-hybridized carbons (Fsp3) is 0.364. The minimum Gasteiger partial charge on any atom is -0.508 e. The molecule has 5 N–H and O–H groups in total. The van der Waals surface area contributed by atoms with Gasteiger partial charge in [-0.25, -0.2) is 0 Å². The van der Waals surface area contributed by atoms with Gasteiger partial charge in [0.2, 0.25) is 5.91 Å². The number of aromatic hydroxyl groups is 1. The van der Waals surface area contributed by atoms with Crippen molar-refractivity contribution < 1.29 is 9.90 Å². The molecule has 0 aliphatic heterocycles. The summed E-state index contributed by atoms with van der Waals surface area (Å²) in [4.78, 5) is 10.7. The molecule has 0 bridgehead atoms. The van der Waals surface area contributed by atoms with Crippen LogP contribution < -0.4 is 11.5 Å². The second-order valence-corrected chi connectivity index (χ2v) is 3.57. The minimum absolute atomic E-state index is 0.204. The molecule has 0 radical (unpaired) electrons. The topological polar surface area (TPSA) is 89.3 Å². The molecule has 0 saturated carbocycles. The van der Waals surface area contributed by atoms with Crippen molar-refractivity contribution in [2.45, 2.75) is 26.3 Å². The second-order valence-electron chi connectivity index (χ2n) is 3.57. The smallest absolute Gasteiger partial charge is 0.217 e. The van der Waals surface area contributed by atoms with E-state index in [0.717, 1.165) is 16.7 Å². The number of carbonyl (C=O) groups excluding carboxylic acids is 1. The van der Waals surface area contributed by atoms with Gasteiger partial charge in [-0.05, 0) is 42.2 Å². The Morgan fingerprint density at radius 3 is 2.67 bits per heavy atom. The van der Waals surface area contributed by atoms with E-state index >= 15 is 0 Å². The number of aryl methyl sites for hydroxylation is 1. The molecular formula is C11H16N2O2. The van der Waals surface area contributed by atoms with E-state index in [9.17, 15) is 9.90 Å². The van der Waals surface area contributed by atoms with Crippen molar-refractivity contribution in [2.24, 2.45) is 11.5 Å². The lowest BCUT2D eigenvalue weighted by atomic mass is 9.97. The number of hydrogen-bond acceptors (Lipinski definition) is 3. The molecule has 0 aromatic heterocycles. The molecule has 0 aliphatic carbocycles. The molecule has 0 fully saturated rings. The summed E-state index contributed by atoms with van der Waals surface area (Å²) in [5, 5.41) is 9.38. The maximum Gasteiger partial charge on any atom is 0.217 e. The van der Waals surface area contributed by atoms with Crippen LogP contribution in [0.3, 0.4) is 0 Å². The van der Waals surface area contributed by atoms with E-state index in [-0.39, 0.29) is 11.7 Å². The third-order valence-electron chi connectivity index (χ3n) is 2.39. The van der Waals surface area contributed by atoms with Crippen molar-refractivity contribution in [3.63, 3.8) is 0 Å². The molecule has 1 rings (SSSR count). The normalized spacial score (nSPS) is 10.3. The van der Waals surface area contributed by atoms with Crippen LogP contribution >= 0.6 is 0 Å². The third kappa shape index (κ3) is 2.95. The molecule has 4 nitrogen and oxygen atoms in total. The first-order chi connectivity index (χ1) is 7.04. The van der Waals surface area contributed by atoms with Crippen LogP contribution in [0.15, 0.2) is 12.1 Å². The summed E-state index contributed by atoms with van der Waals surface area (Å²) in [7, 11) is 0. The van der Waals surface area contributed by atoms with Gasteiger partial charge in [-0.1, -0.05) is 0 Å². The number of rotatable bonds is 4. The first kappa shape index (κ1) is 11.5. The molecular weight excluding hydrogens is 192 g/mol. The average Bonchev–Trinajstić information content (AvgIpc) is 2.14. The maximum atomic E-state index is 10.7. The molecule has 0 heterocycles. The number of amides is 1. The van der Waals surface area contributed by atoms with Crippen molar-refractivity contribution in [3.8, 4) is 5.75 Å². The molecule has 1 amide bonds. The predicted molar refractivity (Wildman–Crippen MR) is 58.3 cm³/mol. The van der Waals surface area contributed by atoms with Crippen LogP contribution in [0.5, 0.6) is 5.75 Å². The summed E-state index contributed by atoms with van der Waals surface area (Å²) in [6, 6.07) is 3.29. The molecule has 4 heteroatoms. The Kier molecular flexibility index (Phi) is 3.68. The number of primary amides is 1. The molecule has 15 heavy (non-hydrogen) atoms. The van der Waals surface area contributed by atoms with Crippen molar-refractivity contribution in [2.75, 3.05) is 0 Å². The van der Waals surface area contributed by atoms with Crippen LogP contribution in [-0.2, 0) is 17.8 Å². The van der Waals surface area contributed by atoms with Crippen molar-refractivity contribution in [1.29, 1.82) is 0 Å².